The average molecular weight is 309 g/mol. The van der Waals surface area contributed by atoms with Gasteiger partial charge in [0.25, 0.3) is 0 Å². The fraction of sp³-hybridized carbons (Fsp3) is 0.100. The molecule has 0 aliphatic rings. The molecule has 1 nitrogen and oxygen atoms in total. The summed E-state index contributed by atoms with van der Waals surface area (Å²) in [6, 6.07) is 24.4. The van der Waals surface area contributed by atoms with E-state index in [0.717, 1.165) is 16.3 Å². The Morgan fingerprint density at radius 2 is 1.36 bits per heavy atom. The molecule has 0 unspecified atom stereocenters. The molecule has 0 heterocycles. The Balaban J connectivity index is 1.69. The van der Waals surface area contributed by atoms with Crippen LogP contribution in [0, 0.1) is 6.92 Å². The summed E-state index contributed by atoms with van der Waals surface area (Å²) in [7, 11) is 0. The van der Waals surface area contributed by atoms with E-state index in [1.807, 2.05) is 36.4 Å². The first-order valence-corrected chi connectivity index (χ1v) is 7.63. The highest BCUT2D eigenvalue weighted by atomic mass is 35.5. The summed E-state index contributed by atoms with van der Waals surface area (Å²) >= 11 is 6.13. The monoisotopic (exact) mass is 308 g/mol. The quantitative estimate of drug-likeness (QED) is 0.583. The van der Waals surface area contributed by atoms with Crippen LogP contribution in [0.2, 0.25) is 5.02 Å². The van der Waals surface area contributed by atoms with Crippen LogP contribution in [0.4, 0.5) is 0 Å². The van der Waals surface area contributed by atoms with E-state index in [1.165, 1.54) is 16.7 Å². The van der Waals surface area contributed by atoms with Gasteiger partial charge < -0.3 is 4.74 Å². The van der Waals surface area contributed by atoms with E-state index in [9.17, 15) is 0 Å². The highest BCUT2D eigenvalue weighted by Gasteiger charge is 2.02. The minimum absolute atomic E-state index is 0.476. The van der Waals surface area contributed by atoms with Crippen LogP contribution in [-0.2, 0) is 6.61 Å². The molecule has 0 fully saturated rings. The standard InChI is InChI=1S/C20H17ClO/c1-15-6-8-16(9-7-15)17-10-12-19(13-11-17)22-14-18-4-2-3-5-20(18)21/h2-13H,14H2,1H3. The predicted molar refractivity (Wildman–Crippen MR) is 92.4 cm³/mol. The lowest BCUT2D eigenvalue weighted by atomic mass is 10.0. The lowest BCUT2D eigenvalue weighted by molar-refractivity contribution is 0.306. The zero-order chi connectivity index (χ0) is 15.4. The van der Waals surface area contributed by atoms with Crippen LogP contribution < -0.4 is 4.74 Å². The molecule has 0 aliphatic carbocycles. The van der Waals surface area contributed by atoms with Crippen molar-refractivity contribution < 1.29 is 4.74 Å². The molecule has 0 aromatic heterocycles. The number of halogens is 1. The van der Waals surface area contributed by atoms with E-state index in [2.05, 4.69) is 43.3 Å². The van der Waals surface area contributed by atoms with Gasteiger partial charge in [0.1, 0.15) is 12.4 Å². The van der Waals surface area contributed by atoms with Gasteiger partial charge >= 0.3 is 0 Å². The number of rotatable bonds is 4. The molecule has 3 aromatic carbocycles. The second kappa shape index (κ2) is 6.67. The molecule has 0 atom stereocenters. The summed E-state index contributed by atoms with van der Waals surface area (Å²) in [5.74, 6) is 0.843. The fourth-order valence-electron chi connectivity index (χ4n) is 2.27. The van der Waals surface area contributed by atoms with Gasteiger partial charge in [-0.05, 0) is 36.2 Å². The van der Waals surface area contributed by atoms with Crippen molar-refractivity contribution >= 4 is 11.6 Å². The molecule has 0 radical (unpaired) electrons. The van der Waals surface area contributed by atoms with E-state index in [4.69, 9.17) is 16.3 Å². The summed E-state index contributed by atoms with van der Waals surface area (Å²) in [6.45, 7) is 2.57. The van der Waals surface area contributed by atoms with Gasteiger partial charge in [-0.15, -0.1) is 0 Å². The second-order valence-electron chi connectivity index (χ2n) is 5.27. The third-order valence-electron chi connectivity index (χ3n) is 3.59. The van der Waals surface area contributed by atoms with E-state index < -0.39 is 0 Å². The maximum Gasteiger partial charge on any atom is 0.119 e. The minimum Gasteiger partial charge on any atom is -0.489 e. The van der Waals surface area contributed by atoms with Crippen LogP contribution in [-0.4, -0.2) is 0 Å². The molecule has 0 amide bonds. The molecule has 3 aromatic rings. The number of hydrogen-bond acceptors (Lipinski definition) is 1. The molecule has 0 N–H and O–H groups in total. The maximum absolute atomic E-state index is 6.13. The van der Waals surface area contributed by atoms with Gasteiger partial charge in [-0.3, -0.25) is 0 Å². The normalized spacial score (nSPS) is 10.5. The third kappa shape index (κ3) is 3.49. The molecule has 0 aliphatic heterocycles. The SMILES string of the molecule is Cc1ccc(-c2ccc(OCc3ccccc3Cl)cc2)cc1. The minimum atomic E-state index is 0.476. The van der Waals surface area contributed by atoms with Gasteiger partial charge in [-0.25, -0.2) is 0 Å². The van der Waals surface area contributed by atoms with Gasteiger partial charge in [0.2, 0.25) is 0 Å². The van der Waals surface area contributed by atoms with Crippen LogP contribution >= 0.6 is 11.6 Å². The lowest BCUT2D eigenvalue weighted by Gasteiger charge is -2.09. The summed E-state index contributed by atoms with van der Waals surface area (Å²) in [5, 5.41) is 0.735. The van der Waals surface area contributed by atoms with E-state index in [0.29, 0.717) is 6.61 Å². The Morgan fingerprint density at radius 3 is 2.00 bits per heavy atom. The summed E-state index contributed by atoms with van der Waals surface area (Å²) in [6.07, 6.45) is 0. The summed E-state index contributed by atoms with van der Waals surface area (Å²) in [4.78, 5) is 0. The van der Waals surface area contributed by atoms with Crippen molar-refractivity contribution in [2.45, 2.75) is 13.5 Å². The molecule has 0 bridgehead atoms. The second-order valence-corrected chi connectivity index (χ2v) is 5.68. The maximum atomic E-state index is 6.13. The molecule has 0 saturated heterocycles. The third-order valence-corrected chi connectivity index (χ3v) is 3.96. The molecular formula is C20H17ClO. The molecule has 2 heteroatoms. The Kier molecular flexibility index (Phi) is 4.45. The Labute approximate surface area is 136 Å². The van der Waals surface area contributed by atoms with E-state index in [1.54, 1.807) is 0 Å². The fourth-order valence-corrected chi connectivity index (χ4v) is 2.46. The first-order chi connectivity index (χ1) is 10.7. The Hall–Kier alpha value is -2.25. The topological polar surface area (TPSA) is 9.23 Å². The van der Waals surface area contributed by atoms with E-state index in [-0.39, 0.29) is 0 Å². The van der Waals surface area contributed by atoms with Crippen molar-refractivity contribution in [3.63, 3.8) is 0 Å². The number of benzene rings is 3. The van der Waals surface area contributed by atoms with Crippen molar-refractivity contribution in [2.75, 3.05) is 0 Å². The first-order valence-electron chi connectivity index (χ1n) is 7.26. The highest BCUT2D eigenvalue weighted by Crippen LogP contribution is 2.24. The van der Waals surface area contributed by atoms with Crippen LogP contribution in [0.15, 0.2) is 72.8 Å². The van der Waals surface area contributed by atoms with Crippen molar-refractivity contribution in [2.24, 2.45) is 0 Å². The van der Waals surface area contributed by atoms with Crippen LogP contribution in [0.25, 0.3) is 11.1 Å². The summed E-state index contributed by atoms with van der Waals surface area (Å²) < 4.78 is 5.80. The smallest absolute Gasteiger partial charge is 0.119 e. The molecule has 22 heavy (non-hydrogen) atoms. The summed E-state index contributed by atoms with van der Waals surface area (Å²) in [5.41, 5.74) is 4.66. The van der Waals surface area contributed by atoms with Gasteiger partial charge in [-0.2, -0.15) is 0 Å². The van der Waals surface area contributed by atoms with Crippen molar-refractivity contribution in [3.05, 3.63) is 88.9 Å². The molecule has 3 rings (SSSR count). The molecule has 0 saturated carbocycles. The lowest BCUT2D eigenvalue weighted by Crippen LogP contribution is -1.95. The van der Waals surface area contributed by atoms with Gasteiger partial charge in [0.15, 0.2) is 0 Å². The average Bonchev–Trinajstić information content (AvgIpc) is 2.55. The zero-order valence-corrected chi connectivity index (χ0v) is 13.2. The van der Waals surface area contributed by atoms with Crippen molar-refractivity contribution in [3.8, 4) is 16.9 Å². The van der Waals surface area contributed by atoms with Crippen LogP contribution in [0.5, 0.6) is 5.75 Å². The molecule has 110 valence electrons. The molecule has 0 spiro atoms. The van der Waals surface area contributed by atoms with Crippen molar-refractivity contribution in [1.82, 2.24) is 0 Å². The van der Waals surface area contributed by atoms with E-state index >= 15 is 0 Å². The zero-order valence-electron chi connectivity index (χ0n) is 12.4. The number of aryl methyl sites for hydroxylation is 1. The molecular weight excluding hydrogens is 292 g/mol. The Bertz CT molecular complexity index is 745. The van der Waals surface area contributed by atoms with Gasteiger partial charge in [0, 0.05) is 10.6 Å². The van der Waals surface area contributed by atoms with Crippen LogP contribution in [0.3, 0.4) is 0 Å². The largest absolute Gasteiger partial charge is 0.489 e. The number of hydrogen-bond donors (Lipinski definition) is 0. The highest BCUT2D eigenvalue weighted by molar-refractivity contribution is 6.31. The predicted octanol–water partition coefficient (Wildman–Crippen LogP) is 5.89. The van der Waals surface area contributed by atoms with Gasteiger partial charge in [-0.1, -0.05) is 71.8 Å². The first kappa shape index (κ1) is 14.7. The Morgan fingerprint density at radius 1 is 0.773 bits per heavy atom. The van der Waals surface area contributed by atoms with Crippen molar-refractivity contribution in [1.29, 1.82) is 0 Å². The van der Waals surface area contributed by atoms with Gasteiger partial charge in [0.05, 0.1) is 0 Å². The number of ether oxygens (including phenoxy) is 1. The van der Waals surface area contributed by atoms with Crippen LogP contribution in [0.1, 0.15) is 11.1 Å².